The third-order valence-corrected chi connectivity index (χ3v) is 7.26. The smallest absolute Gasteiger partial charge is 0.394 e. The number of ether oxygens (including phenoxy) is 2. The minimum absolute atomic E-state index is 0.0778. The highest BCUT2D eigenvalue weighted by Gasteiger charge is 2.50. The summed E-state index contributed by atoms with van der Waals surface area (Å²) in [5.41, 5.74) is 4.50. The monoisotopic (exact) mass is 573 g/mol. The molecule has 5 heterocycles. The van der Waals surface area contributed by atoms with Gasteiger partial charge in [0, 0.05) is 12.3 Å². The summed E-state index contributed by atoms with van der Waals surface area (Å²) in [6.45, 7) is -1.49. The number of fused-ring (bicyclic) bond motifs is 1. The van der Waals surface area contributed by atoms with E-state index >= 15 is 0 Å². The normalized spacial score (nSPS) is 32.5. The van der Waals surface area contributed by atoms with Crippen LogP contribution in [0.3, 0.4) is 0 Å². The zero-order chi connectivity index (χ0) is 28.1. The van der Waals surface area contributed by atoms with E-state index in [9.17, 15) is 39.5 Å². The molecule has 0 bridgehead atoms. The van der Waals surface area contributed by atoms with Gasteiger partial charge in [-0.25, -0.2) is 24.3 Å². The minimum Gasteiger partial charge on any atom is -0.394 e. The molecule has 20 heteroatoms. The van der Waals surface area contributed by atoms with E-state index in [2.05, 4.69) is 15.0 Å². The number of nitrogens with zero attached hydrogens (tertiary/aromatic N) is 5. The van der Waals surface area contributed by atoms with Gasteiger partial charge in [-0.2, -0.15) is 0 Å². The van der Waals surface area contributed by atoms with Crippen molar-refractivity contribution in [2.45, 2.75) is 49.1 Å². The Balaban J connectivity index is 1.29. The van der Waals surface area contributed by atoms with Gasteiger partial charge in [-0.3, -0.25) is 28.0 Å². The predicted octanol–water partition coefficient (Wildman–Crippen LogP) is -3.67. The first-order valence-corrected chi connectivity index (χ1v) is 12.9. The molecule has 0 aliphatic carbocycles. The number of aliphatic hydroxyl groups is 4. The maximum atomic E-state index is 12.8. The molecule has 9 atom stereocenters. The Morgan fingerprint density at radius 3 is 2.51 bits per heavy atom. The molecule has 0 saturated carbocycles. The number of H-pyrrole nitrogens is 1. The second-order valence-corrected chi connectivity index (χ2v) is 10.1. The van der Waals surface area contributed by atoms with E-state index in [1.54, 1.807) is 0 Å². The Morgan fingerprint density at radius 1 is 1.05 bits per heavy atom. The number of phosphoric ester groups is 1. The number of aliphatic hydroxyl groups excluding tert-OH is 4. The topological polar surface area (TPSA) is 280 Å². The van der Waals surface area contributed by atoms with Crippen molar-refractivity contribution in [3.63, 3.8) is 0 Å². The summed E-state index contributed by atoms with van der Waals surface area (Å²) in [5.74, 6) is 0.0778. The van der Waals surface area contributed by atoms with Crippen LogP contribution >= 0.6 is 7.82 Å². The zero-order valence-electron chi connectivity index (χ0n) is 19.7. The van der Waals surface area contributed by atoms with Gasteiger partial charge < -0.3 is 40.5 Å². The molecule has 3 aromatic heterocycles. The summed E-state index contributed by atoms with van der Waals surface area (Å²) in [6.07, 6.45) is -8.47. The molecule has 39 heavy (non-hydrogen) atoms. The SMILES string of the molecule is Nc1ncnc2c1ncn2C1OC(COP(=O)(O)OC2C(O)C(CO)OC2n2ccc(=O)[nH]c2=O)C(O)C1O. The molecule has 0 radical (unpaired) electrons. The van der Waals surface area contributed by atoms with Crippen LogP contribution in [0.2, 0.25) is 0 Å². The maximum absolute atomic E-state index is 12.8. The summed E-state index contributed by atoms with van der Waals surface area (Å²) < 4.78 is 36.0. The van der Waals surface area contributed by atoms with Crippen LogP contribution in [0.15, 0.2) is 34.5 Å². The van der Waals surface area contributed by atoms with Crippen LogP contribution in [-0.2, 0) is 23.1 Å². The van der Waals surface area contributed by atoms with Crippen LogP contribution < -0.4 is 17.0 Å². The van der Waals surface area contributed by atoms with Crippen LogP contribution in [0, 0.1) is 0 Å². The van der Waals surface area contributed by atoms with Gasteiger partial charge in [-0.1, -0.05) is 0 Å². The molecule has 2 aliphatic rings. The number of aromatic nitrogens is 6. The Hall–Kier alpha value is -3.10. The molecular formula is C19H24N7O12P. The number of phosphoric acid groups is 1. The summed E-state index contributed by atoms with van der Waals surface area (Å²) >= 11 is 0. The lowest BCUT2D eigenvalue weighted by Gasteiger charge is -2.25. The standard InChI is InChI=1S/C19H24N7O12P/c20-15-10-16(22-5-21-15)26(6-23-10)17-13(31)11(29)8(37-17)4-35-39(33,34)38-14-12(30)7(3-27)36-18(14)25-2-1-9(28)24-19(25)32/h1-2,5-8,11-14,17-18,27,29-31H,3-4H2,(H,33,34)(H2,20,21,22)(H,24,28,32). The van der Waals surface area contributed by atoms with Gasteiger partial charge in [0.25, 0.3) is 5.56 Å². The van der Waals surface area contributed by atoms with Crippen LogP contribution in [-0.4, -0.2) is 104 Å². The van der Waals surface area contributed by atoms with E-state index in [1.807, 2.05) is 4.98 Å². The third kappa shape index (κ3) is 5.12. The van der Waals surface area contributed by atoms with Crippen LogP contribution in [0.4, 0.5) is 5.82 Å². The van der Waals surface area contributed by atoms with Crippen LogP contribution in [0.5, 0.6) is 0 Å². The molecular weight excluding hydrogens is 549 g/mol. The summed E-state index contributed by atoms with van der Waals surface area (Å²) in [4.78, 5) is 47.8. The second kappa shape index (κ2) is 10.5. The molecule has 0 aromatic carbocycles. The average molecular weight is 573 g/mol. The second-order valence-electron chi connectivity index (χ2n) is 8.72. The van der Waals surface area contributed by atoms with E-state index in [0.717, 1.165) is 16.8 Å². The molecule has 8 N–H and O–H groups in total. The highest BCUT2D eigenvalue weighted by Crippen LogP contribution is 2.49. The fourth-order valence-corrected chi connectivity index (χ4v) is 5.27. The molecule has 212 valence electrons. The number of hydrogen-bond acceptors (Lipinski definition) is 15. The third-order valence-electron chi connectivity index (χ3n) is 6.27. The van der Waals surface area contributed by atoms with E-state index in [1.165, 1.54) is 17.2 Å². The molecule has 3 aromatic rings. The van der Waals surface area contributed by atoms with Gasteiger partial charge in [-0.15, -0.1) is 0 Å². The van der Waals surface area contributed by atoms with E-state index in [4.69, 9.17) is 24.3 Å². The van der Waals surface area contributed by atoms with Gasteiger partial charge in [-0.05, 0) is 0 Å². The van der Waals surface area contributed by atoms with Crippen molar-refractivity contribution in [1.29, 1.82) is 0 Å². The Kier molecular flexibility index (Phi) is 7.37. The molecule has 9 unspecified atom stereocenters. The molecule has 0 amide bonds. The van der Waals surface area contributed by atoms with Crippen molar-refractivity contribution in [3.05, 3.63) is 45.8 Å². The summed E-state index contributed by atoms with van der Waals surface area (Å²) in [6, 6.07) is 0.972. The highest BCUT2D eigenvalue weighted by atomic mass is 31.2. The van der Waals surface area contributed by atoms with Gasteiger partial charge in [0.2, 0.25) is 0 Å². The summed E-state index contributed by atoms with van der Waals surface area (Å²) in [5, 5.41) is 41.0. The lowest BCUT2D eigenvalue weighted by molar-refractivity contribution is -0.0635. The largest absolute Gasteiger partial charge is 0.472 e. The number of imidazole rings is 1. The predicted molar refractivity (Wildman–Crippen MR) is 125 cm³/mol. The number of nitrogen functional groups attached to an aromatic ring is 1. The lowest BCUT2D eigenvalue weighted by atomic mass is 10.1. The van der Waals surface area contributed by atoms with Gasteiger partial charge >= 0.3 is 13.5 Å². The van der Waals surface area contributed by atoms with E-state index in [-0.39, 0.29) is 17.0 Å². The van der Waals surface area contributed by atoms with E-state index < -0.39 is 81.4 Å². The van der Waals surface area contributed by atoms with Crippen molar-refractivity contribution < 1.29 is 48.4 Å². The molecule has 2 aliphatic heterocycles. The Morgan fingerprint density at radius 2 is 1.79 bits per heavy atom. The first-order chi connectivity index (χ1) is 18.5. The van der Waals surface area contributed by atoms with Crippen LogP contribution in [0.25, 0.3) is 11.2 Å². The average Bonchev–Trinajstić information content (AvgIpc) is 3.53. The first kappa shape index (κ1) is 27.5. The fourth-order valence-electron chi connectivity index (χ4n) is 4.34. The van der Waals surface area contributed by atoms with Crippen molar-refractivity contribution in [3.8, 4) is 0 Å². The zero-order valence-corrected chi connectivity index (χ0v) is 20.6. The number of anilines is 1. The molecule has 0 spiro atoms. The number of hydrogen-bond donors (Lipinski definition) is 7. The van der Waals surface area contributed by atoms with Crippen molar-refractivity contribution in [2.75, 3.05) is 18.9 Å². The molecule has 19 nitrogen and oxygen atoms in total. The first-order valence-electron chi connectivity index (χ1n) is 11.4. The fraction of sp³-hybridized carbons (Fsp3) is 0.526. The minimum atomic E-state index is -5.06. The maximum Gasteiger partial charge on any atom is 0.472 e. The Labute approximate surface area is 216 Å². The number of rotatable bonds is 8. The quantitative estimate of drug-likeness (QED) is 0.128. The number of aromatic amines is 1. The van der Waals surface area contributed by atoms with Crippen molar-refractivity contribution in [1.82, 2.24) is 29.1 Å². The van der Waals surface area contributed by atoms with Gasteiger partial charge in [0.05, 0.1) is 19.5 Å². The summed E-state index contributed by atoms with van der Waals surface area (Å²) in [7, 11) is -5.06. The van der Waals surface area contributed by atoms with E-state index in [0.29, 0.717) is 0 Å². The van der Waals surface area contributed by atoms with Crippen LogP contribution in [0.1, 0.15) is 12.5 Å². The van der Waals surface area contributed by atoms with Gasteiger partial charge in [0.1, 0.15) is 48.5 Å². The highest BCUT2D eigenvalue weighted by molar-refractivity contribution is 7.47. The molecule has 2 saturated heterocycles. The lowest BCUT2D eigenvalue weighted by Crippen LogP contribution is -2.39. The van der Waals surface area contributed by atoms with Crippen molar-refractivity contribution >= 4 is 24.8 Å². The molecule has 5 rings (SSSR count). The number of nitrogens with two attached hydrogens (primary N) is 1. The number of nitrogens with one attached hydrogen (secondary N) is 1. The van der Waals surface area contributed by atoms with Gasteiger partial charge in [0.15, 0.2) is 23.9 Å². The Bertz CT molecular complexity index is 1510. The van der Waals surface area contributed by atoms with Crippen molar-refractivity contribution in [2.24, 2.45) is 0 Å². The molecule has 2 fully saturated rings.